The molecule has 1 aliphatic carbocycles. The van der Waals surface area contributed by atoms with Crippen LogP contribution in [0.5, 0.6) is 0 Å². The van der Waals surface area contributed by atoms with Crippen molar-refractivity contribution in [3.05, 3.63) is 36.4 Å². The maximum atomic E-state index is 11.4. The quantitative estimate of drug-likeness (QED) is 0.577. The average Bonchev–Trinajstić information content (AvgIpc) is 3.40. The summed E-state index contributed by atoms with van der Waals surface area (Å²) in [6, 6.07) is 6.01. The average molecular weight is 376 g/mol. The Bertz CT molecular complexity index is 1190. The molecule has 5 rings (SSSR count). The molecule has 1 amide bonds. The molecule has 2 N–H and O–H groups in total. The first-order valence-electron chi connectivity index (χ1n) is 9.37. The second kappa shape index (κ2) is 6.36. The number of hydrogen-bond acceptors (Lipinski definition) is 6. The van der Waals surface area contributed by atoms with Gasteiger partial charge in [-0.2, -0.15) is 9.78 Å². The summed E-state index contributed by atoms with van der Waals surface area (Å²) < 4.78 is 3.56. The number of nitrogens with two attached hydrogens (primary N) is 1. The fourth-order valence-corrected chi connectivity index (χ4v) is 4.10. The van der Waals surface area contributed by atoms with Crippen molar-refractivity contribution in [2.45, 2.75) is 25.7 Å². The first-order chi connectivity index (χ1) is 13.6. The molecule has 28 heavy (non-hydrogen) atoms. The Balaban J connectivity index is 1.47. The highest BCUT2D eigenvalue weighted by atomic mass is 16.1. The van der Waals surface area contributed by atoms with Gasteiger partial charge in [-0.1, -0.05) is 5.21 Å². The molecular weight excluding hydrogens is 356 g/mol. The molecule has 0 aliphatic heterocycles. The van der Waals surface area contributed by atoms with Crippen LogP contribution in [0.15, 0.2) is 30.6 Å². The van der Waals surface area contributed by atoms with Crippen LogP contribution >= 0.6 is 0 Å². The van der Waals surface area contributed by atoms with Gasteiger partial charge in [0, 0.05) is 24.8 Å². The number of aryl methyl sites for hydroxylation is 1. The molecule has 0 radical (unpaired) electrons. The summed E-state index contributed by atoms with van der Waals surface area (Å²) in [6.07, 6.45) is 6.91. The standard InChI is InChI=1S/C19H20N8O/c1-26-16-5-4-14(8-13(16)9-22-26)27-19-15(24-25-27)10-21-17(23-19)7-11-2-3-12(6-11)18(20)28/h4-5,8-12H,2-3,6-7H2,1H3,(H2,20,28)/t11-,12-/m1/s1. The number of benzene rings is 1. The minimum absolute atomic E-state index is 0.0212. The van der Waals surface area contributed by atoms with Crippen molar-refractivity contribution in [2.75, 3.05) is 0 Å². The number of hydrogen-bond donors (Lipinski definition) is 1. The van der Waals surface area contributed by atoms with Crippen molar-refractivity contribution < 1.29 is 4.79 Å². The van der Waals surface area contributed by atoms with Gasteiger partial charge in [-0.05, 0) is 43.4 Å². The molecule has 9 nitrogen and oxygen atoms in total. The Morgan fingerprint density at radius 3 is 3.00 bits per heavy atom. The van der Waals surface area contributed by atoms with E-state index in [1.165, 1.54) is 0 Å². The highest BCUT2D eigenvalue weighted by molar-refractivity contribution is 5.82. The van der Waals surface area contributed by atoms with Gasteiger partial charge in [0.1, 0.15) is 5.82 Å². The second-order valence-corrected chi connectivity index (χ2v) is 7.49. The molecule has 0 bridgehead atoms. The number of aromatic nitrogens is 7. The van der Waals surface area contributed by atoms with E-state index in [-0.39, 0.29) is 11.8 Å². The minimum Gasteiger partial charge on any atom is -0.369 e. The third-order valence-electron chi connectivity index (χ3n) is 5.63. The zero-order chi connectivity index (χ0) is 19.3. The van der Waals surface area contributed by atoms with Crippen LogP contribution in [-0.2, 0) is 18.3 Å². The van der Waals surface area contributed by atoms with Gasteiger partial charge >= 0.3 is 0 Å². The Morgan fingerprint density at radius 2 is 2.18 bits per heavy atom. The predicted molar refractivity (Wildman–Crippen MR) is 102 cm³/mol. The highest BCUT2D eigenvalue weighted by Crippen LogP contribution is 2.32. The smallest absolute Gasteiger partial charge is 0.220 e. The van der Waals surface area contributed by atoms with Gasteiger partial charge in [-0.15, -0.1) is 5.10 Å². The van der Waals surface area contributed by atoms with E-state index in [9.17, 15) is 4.79 Å². The lowest BCUT2D eigenvalue weighted by Gasteiger charge is -2.09. The van der Waals surface area contributed by atoms with Crippen LogP contribution in [0.25, 0.3) is 27.8 Å². The Hall–Kier alpha value is -3.36. The van der Waals surface area contributed by atoms with Gasteiger partial charge in [0.15, 0.2) is 11.2 Å². The molecule has 0 unspecified atom stereocenters. The van der Waals surface area contributed by atoms with Crippen molar-refractivity contribution >= 4 is 28.0 Å². The van der Waals surface area contributed by atoms with E-state index in [4.69, 9.17) is 10.7 Å². The summed E-state index contributed by atoms with van der Waals surface area (Å²) in [7, 11) is 1.91. The fourth-order valence-electron chi connectivity index (χ4n) is 4.10. The summed E-state index contributed by atoms with van der Waals surface area (Å²) in [4.78, 5) is 20.6. The van der Waals surface area contributed by atoms with Gasteiger partial charge in [0.2, 0.25) is 5.91 Å². The van der Waals surface area contributed by atoms with Crippen LogP contribution < -0.4 is 5.73 Å². The Morgan fingerprint density at radius 1 is 1.29 bits per heavy atom. The molecule has 0 saturated heterocycles. The van der Waals surface area contributed by atoms with Crippen molar-refractivity contribution in [3.8, 4) is 5.69 Å². The maximum Gasteiger partial charge on any atom is 0.220 e. The van der Waals surface area contributed by atoms with Crippen LogP contribution in [0.2, 0.25) is 0 Å². The summed E-state index contributed by atoms with van der Waals surface area (Å²) in [5.41, 5.74) is 8.70. The van der Waals surface area contributed by atoms with Crippen LogP contribution in [0.1, 0.15) is 25.1 Å². The Kier molecular flexibility index (Phi) is 3.81. The summed E-state index contributed by atoms with van der Waals surface area (Å²) >= 11 is 0. The van der Waals surface area contributed by atoms with Crippen molar-refractivity contribution in [3.63, 3.8) is 0 Å². The third kappa shape index (κ3) is 2.79. The first-order valence-corrected chi connectivity index (χ1v) is 9.37. The SMILES string of the molecule is Cn1ncc2cc(-n3nnc4cnc(C[C@@H]5CC[C@@H](C(N)=O)C5)nc43)ccc21. The number of fused-ring (bicyclic) bond motifs is 2. The van der Waals surface area contributed by atoms with Crippen molar-refractivity contribution in [1.29, 1.82) is 0 Å². The molecule has 9 heteroatoms. The summed E-state index contributed by atoms with van der Waals surface area (Å²) in [6.45, 7) is 0. The molecule has 1 aliphatic rings. The fraction of sp³-hybridized carbons (Fsp3) is 0.368. The monoisotopic (exact) mass is 376 g/mol. The normalized spacial score (nSPS) is 19.6. The number of primary amides is 1. The molecule has 0 spiro atoms. The molecule has 1 saturated carbocycles. The lowest BCUT2D eigenvalue weighted by Crippen LogP contribution is -2.21. The molecule has 3 heterocycles. The van der Waals surface area contributed by atoms with E-state index in [2.05, 4.69) is 20.4 Å². The first kappa shape index (κ1) is 16.8. The zero-order valence-electron chi connectivity index (χ0n) is 15.5. The van der Waals surface area contributed by atoms with Gasteiger partial charge in [0.25, 0.3) is 0 Å². The maximum absolute atomic E-state index is 11.4. The van der Waals surface area contributed by atoms with Crippen LogP contribution in [0.3, 0.4) is 0 Å². The second-order valence-electron chi connectivity index (χ2n) is 7.49. The van der Waals surface area contributed by atoms with E-state index < -0.39 is 0 Å². The van der Waals surface area contributed by atoms with E-state index in [1.807, 2.05) is 36.1 Å². The number of carbonyl (C=O) groups is 1. The number of carbonyl (C=O) groups excluding carboxylic acids is 1. The number of rotatable bonds is 4. The molecule has 1 fully saturated rings. The van der Waals surface area contributed by atoms with Crippen LogP contribution in [0.4, 0.5) is 0 Å². The highest BCUT2D eigenvalue weighted by Gasteiger charge is 2.29. The van der Waals surface area contributed by atoms with Crippen LogP contribution in [-0.4, -0.2) is 40.6 Å². The molecule has 142 valence electrons. The lowest BCUT2D eigenvalue weighted by molar-refractivity contribution is -0.121. The van der Waals surface area contributed by atoms with Gasteiger partial charge in [-0.25, -0.2) is 9.97 Å². The van der Waals surface area contributed by atoms with E-state index in [1.54, 1.807) is 10.9 Å². The van der Waals surface area contributed by atoms with Gasteiger partial charge in [-0.3, -0.25) is 9.48 Å². The molecule has 3 aromatic heterocycles. The molecular formula is C19H20N8O. The van der Waals surface area contributed by atoms with Crippen molar-refractivity contribution in [1.82, 2.24) is 34.7 Å². The van der Waals surface area contributed by atoms with E-state index in [0.717, 1.165) is 48.1 Å². The number of nitrogens with zero attached hydrogens (tertiary/aromatic N) is 7. The van der Waals surface area contributed by atoms with E-state index in [0.29, 0.717) is 17.1 Å². The largest absolute Gasteiger partial charge is 0.369 e. The molecule has 2 atom stereocenters. The Labute approximate surface area is 160 Å². The van der Waals surface area contributed by atoms with E-state index >= 15 is 0 Å². The number of amides is 1. The molecule has 1 aromatic carbocycles. The van der Waals surface area contributed by atoms with Crippen molar-refractivity contribution in [2.24, 2.45) is 24.6 Å². The third-order valence-corrected chi connectivity index (χ3v) is 5.63. The zero-order valence-corrected chi connectivity index (χ0v) is 15.5. The molecule has 4 aromatic rings. The van der Waals surface area contributed by atoms with Gasteiger partial charge < -0.3 is 5.73 Å². The summed E-state index contributed by atoms with van der Waals surface area (Å²) in [5.74, 6) is 0.902. The van der Waals surface area contributed by atoms with Crippen LogP contribution in [0, 0.1) is 11.8 Å². The topological polar surface area (TPSA) is 117 Å². The lowest BCUT2D eigenvalue weighted by atomic mass is 10.0. The summed E-state index contributed by atoms with van der Waals surface area (Å²) in [5, 5.41) is 13.8. The predicted octanol–water partition coefficient (Wildman–Crippen LogP) is 1.54. The minimum atomic E-state index is -0.202. The van der Waals surface area contributed by atoms with Gasteiger partial charge in [0.05, 0.1) is 23.6 Å².